The molecule has 0 aliphatic carbocycles. The predicted molar refractivity (Wildman–Crippen MR) is 60.9 cm³/mol. The van der Waals surface area contributed by atoms with Crippen LogP contribution in [-0.4, -0.2) is 29.5 Å². The topological polar surface area (TPSA) is 72.7 Å². The summed E-state index contributed by atoms with van der Waals surface area (Å²) in [6.07, 6.45) is 0. The molecule has 0 fully saturated rings. The van der Waals surface area contributed by atoms with Crippen molar-refractivity contribution in [3.05, 3.63) is 45.5 Å². The molecule has 1 amide bonds. The normalized spacial score (nSPS) is 9.76. The van der Waals surface area contributed by atoms with Gasteiger partial charge in [-0.15, -0.1) is 10.1 Å². The lowest BCUT2D eigenvalue weighted by Gasteiger charge is -2.14. The number of benzene rings is 1. The first-order valence-electron chi connectivity index (χ1n) is 5.16. The number of nitrogens with zero attached hydrogens (tertiary/aromatic N) is 2. The molecule has 0 spiro atoms. The lowest BCUT2D eigenvalue weighted by atomic mass is 10.1. The highest BCUT2D eigenvalue weighted by atomic mass is 16.9. The second kappa shape index (κ2) is 5.83. The van der Waals surface area contributed by atoms with Crippen molar-refractivity contribution < 1.29 is 14.7 Å². The quantitative estimate of drug-likeness (QED) is 0.575. The molecule has 17 heavy (non-hydrogen) atoms. The van der Waals surface area contributed by atoms with E-state index in [1.54, 1.807) is 36.2 Å². The van der Waals surface area contributed by atoms with Crippen molar-refractivity contribution in [1.29, 1.82) is 0 Å². The summed E-state index contributed by atoms with van der Waals surface area (Å²) in [7, 11) is 1.71. The van der Waals surface area contributed by atoms with Gasteiger partial charge in [-0.1, -0.05) is 12.1 Å². The maximum Gasteiger partial charge on any atom is 0.294 e. The summed E-state index contributed by atoms with van der Waals surface area (Å²) in [4.78, 5) is 27.5. The largest absolute Gasteiger partial charge is 0.342 e. The molecule has 0 atom stereocenters. The Morgan fingerprint density at radius 1 is 1.41 bits per heavy atom. The summed E-state index contributed by atoms with van der Waals surface area (Å²) in [5.74, 6) is -0.0748. The zero-order chi connectivity index (χ0) is 12.8. The van der Waals surface area contributed by atoms with E-state index in [0.717, 1.165) is 0 Å². The fourth-order valence-corrected chi connectivity index (χ4v) is 1.23. The highest BCUT2D eigenvalue weighted by molar-refractivity contribution is 5.94. The van der Waals surface area contributed by atoms with Crippen molar-refractivity contribution in [3.63, 3.8) is 0 Å². The maximum absolute atomic E-state index is 11.7. The van der Waals surface area contributed by atoms with Crippen LogP contribution in [0.4, 0.5) is 0 Å². The van der Waals surface area contributed by atoms with Crippen LogP contribution in [0.15, 0.2) is 24.3 Å². The van der Waals surface area contributed by atoms with Gasteiger partial charge in [0.15, 0.2) is 0 Å². The summed E-state index contributed by atoms with van der Waals surface area (Å²) in [5.41, 5.74) is 1.21. The fourth-order valence-electron chi connectivity index (χ4n) is 1.23. The Morgan fingerprint density at radius 3 is 2.47 bits per heavy atom. The molecule has 92 valence electrons. The van der Waals surface area contributed by atoms with E-state index in [1.807, 2.05) is 6.92 Å². The molecule has 1 aromatic carbocycles. The minimum absolute atomic E-state index is 0.0748. The first-order valence-corrected chi connectivity index (χ1v) is 5.16. The molecule has 1 rings (SSSR count). The minimum atomic E-state index is -0.843. The molecule has 0 aromatic heterocycles. The number of rotatable bonds is 5. The Morgan fingerprint density at radius 2 is 2.00 bits per heavy atom. The van der Waals surface area contributed by atoms with E-state index >= 15 is 0 Å². The molecule has 6 heteroatoms. The van der Waals surface area contributed by atoms with Gasteiger partial charge in [-0.3, -0.25) is 4.79 Å². The molecular formula is C11H14N2O4. The molecule has 0 saturated carbocycles. The summed E-state index contributed by atoms with van der Waals surface area (Å²) >= 11 is 0. The molecule has 0 unspecified atom stereocenters. The lowest BCUT2D eigenvalue weighted by Crippen LogP contribution is -2.26. The monoisotopic (exact) mass is 238 g/mol. The highest BCUT2D eigenvalue weighted by Gasteiger charge is 2.09. The van der Waals surface area contributed by atoms with Crippen LogP contribution in [0.3, 0.4) is 0 Å². The van der Waals surface area contributed by atoms with E-state index in [1.165, 1.54) is 0 Å². The van der Waals surface area contributed by atoms with E-state index in [9.17, 15) is 14.9 Å². The Kier molecular flexibility index (Phi) is 4.45. The van der Waals surface area contributed by atoms with Crippen LogP contribution >= 0.6 is 0 Å². The Bertz CT molecular complexity index is 402. The molecule has 0 radical (unpaired) electrons. The van der Waals surface area contributed by atoms with E-state index < -0.39 is 5.09 Å². The molecule has 0 aliphatic rings. The average Bonchev–Trinajstić information content (AvgIpc) is 2.35. The summed E-state index contributed by atoms with van der Waals surface area (Å²) in [6.45, 7) is 2.41. The van der Waals surface area contributed by atoms with E-state index in [-0.39, 0.29) is 12.5 Å². The van der Waals surface area contributed by atoms with Crippen LogP contribution in [0.25, 0.3) is 0 Å². The van der Waals surface area contributed by atoms with Gasteiger partial charge in [0.2, 0.25) is 0 Å². The van der Waals surface area contributed by atoms with Gasteiger partial charge in [0, 0.05) is 19.2 Å². The molecule has 0 bridgehead atoms. The number of hydrogen-bond donors (Lipinski definition) is 0. The molecular weight excluding hydrogens is 224 g/mol. The predicted octanol–water partition coefficient (Wildman–Crippen LogP) is 1.49. The van der Waals surface area contributed by atoms with Crippen molar-refractivity contribution in [2.75, 3.05) is 13.6 Å². The van der Waals surface area contributed by atoms with E-state index in [2.05, 4.69) is 4.84 Å². The number of amides is 1. The Labute approximate surface area is 98.9 Å². The van der Waals surface area contributed by atoms with Crippen molar-refractivity contribution >= 4 is 5.91 Å². The third-order valence-corrected chi connectivity index (χ3v) is 2.36. The molecule has 0 heterocycles. The standard InChI is InChI=1S/C11H14N2O4/c1-3-12(2)11(14)10-6-4-9(5-7-10)8-17-13(15)16/h4-7H,3,8H2,1-2H3. The Balaban J connectivity index is 2.67. The smallest absolute Gasteiger partial charge is 0.294 e. The first kappa shape index (κ1) is 13.0. The van der Waals surface area contributed by atoms with Gasteiger partial charge >= 0.3 is 0 Å². The second-order valence-corrected chi connectivity index (χ2v) is 3.51. The summed E-state index contributed by atoms with van der Waals surface area (Å²) in [6, 6.07) is 6.54. The van der Waals surface area contributed by atoms with Crippen LogP contribution < -0.4 is 0 Å². The zero-order valence-corrected chi connectivity index (χ0v) is 9.75. The fraction of sp³-hybridized carbons (Fsp3) is 0.364. The molecule has 0 aliphatic heterocycles. The molecule has 6 nitrogen and oxygen atoms in total. The van der Waals surface area contributed by atoms with Crippen LogP contribution in [0.2, 0.25) is 0 Å². The van der Waals surface area contributed by atoms with Crippen molar-refractivity contribution in [2.45, 2.75) is 13.5 Å². The second-order valence-electron chi connectivity index (χ2n) is 3.51. The minimum Gasteiger partial charge on any atom is -0.342 e. The van der Waals surface area contributed by atoms with Crippen molar-refractivity contribution in [2.24, 2.45) is 0 Å². The molecule has 0 saturated heterocycles. The van der Waals surface area contributed by atoms with Gasteiger partial charge in [0.05, 0.1) is 0 Å². The summed E-state index contributed by atoms with van der Waals surface area (Å²) in [5, 5.41) is 9.16. The first-order chi connectivity index (χ1) is 8.04. The third kappa shape index (κ3) is 3.75. The van der Waals surface area contributed by atoms with Crippen molar-refractivity contribution in [3.8, 4) is 0 Å². The maximum atomic E-state index is 11.7. The van der Waals surface area contributed by atoms with Gasteiger partial charge in [-0.05, 0) is 24.6 Å². The van der Waals surface area contributed by atoms with Gasteiger partial charge in [0.1, 0.15) is 6.61 Å². The molecule has 0 N–H and O–H groups in total. The van der Waals surface area contributed by atoms with Gasteiger partial charge < -0.3 is 9.74 Å². The zero-order valence-electron chi connectivity index (χ0n) is 9.75. The van der Waals surface area contributed by atoms with E-state index in [4.69, 9.17) is 0 Å². The Hall–Kier alpha value is -2.11. The van der Waals surface area contributed by atoms with Gasteiger partial charge in [-0.25, -0.2) is 0 Å². The van der Waals surface area contributed by atoms with Crippen LogP contribution in [0, 0.1) is 10.1 Å². The third-order valence-electron chi connectivity index (χ3n) is 2.36. The number of carbonyl (C=O) groups excluding carboxylic acids is 1. The SMILES string of the molecule is CCN(C)C(=O)c1ccc(CO[N+](=O)[O-])cc1. The lowest BCUT2D eigenvalue weighted by molar-refractivity contribution is -0.763. The van der Waals surface area contributed by atoms with Gasteiger partial charge in [-0.2, -0.15) is 0 Å². The highest BCUT2D eigenvalue weighted by Crippen LogP contribution is 2.08. The van der Waals surface area contributed by atoms with Crippen molar-refractivity contribution in [1.82, 2.24) is 4.90 Å². The van der Waals surface area contributed by atoms with E-state index in [0.29, 0.717) is 17.7 Å². The van der Waals surface area contributed by atoms with Crippen LogP contribution in [-0.2, 0) is 11.4 Å². The average molecular weight is 238 g/mol. The van der Waals surface area contributed by atoms with Crippen LogP contribution in [0.1, 0.15) is 22.8 Å². The summed E-state index contributed by atoms with van der Waals surface area (Å²) < 4.78 is 0. The molecule has 1 aromatic rings. The number of carbonyl (C=O) groups is 1. The van der Waals surface area contributed by atoms with Gasteiger partial charge in [0.25, 0.3) is 11.0 Å². The number of hydrogen-bond acceptors (Lipinski definition) is 4. The van der Waals surface area contributed by atoms with Crippen LogP contribution in [0.5, 0.6) is 0 Å².